The van der Waals surface area contributed by atoms with Crippen LogP contribution in [-0.2, 0) is 19.1 Å². The smallest absolute Gasteiger partial charge is 0.311 e. The molecule has 2 aromatic carbocycles. The lowest BCUT2D eigenvalue weighted by molar-refractivity contribution is -0.160. The Labute approximate surface area is 211 Å². The number of esters is 1. The molecule has 1 fully saturated rings. The molecule has 3 unspecified atom stereocenters. The van der Waals surface area contributed by atoms with Crippen LogP contribution >= 0.6 is 0 Å². The van der Waals surface area contributed by atoms with Crippen LogP contribution in [0.2, 0.25) is 0 Å². The van der Waals surface area contributed by atoms with E-state index < -0.39 is 17.9 Å². The number of rotatable bonds is 9. The maximum atomic E-state index is 13.3. The number of hydrogen-bond acceptors (Lipinski definition) is 6. The first-order chi connectivity index (χ1) is 17.5. The molecule has 8 nitrogen and oxygen atoms in total. The summed E-state index contributed by atoms with van der Waals surface area (Å²) in [5, 5.41) is 2.96. The lowest BCUT2D eigenvalue weighted by Crippen LogP contribution is -2.46. The van der Waals surface area contributed by atoms with Crippen molar-refractivity contribution < 1.29 is 28.6 Å². The first-order valence-electron chi connectivity index (χ1n) is 12.6. The summed E-state index contributed by atoms with van der Waals surface area (Å²) in [6.45, 7) is 2.74. The fourth-order valence-corrected chi connectivity index (χ4v) is 5.06. The van der Waals surface area contributed by atoms with Gasteiger partial charge in [-0.3, -0.25) is 14.4 Å². The minimum absolute atomic E-state index is 0.0133. The third-order valence-corrected chi connectivity index (χ3v) is 6.86. The minimum Gasteiger partial charge on any atom is -0.496 e. The van der Waals surface area contributed by atoms with Crippen molar-refractivity contribution in [2.45, 2.75) is 51.1 Å². The number of carbonyl (C=O) groups is 3. The number of benzene rings is 2. The first kappa shape index (κ1) is 25.5. The van der Waals surface area contributed by atoms with Gasteiger partial charge in [0, 0.05) is 30.5 Å². The summed E-state index contributed by atoms with van der Waals surface area (Å²) in [5.74, 6) is -0.0555. The van der Waals surface area contributed by atoms with Crippen LogP contribution in [0.25, 0.3) is 0 Å². The Morgan fingerprint density at radius 3 is 2.61 bits per heavy atom. The number of hydrogen-bond donors (Lipinski definition) is 1. The van der Waals surface area contributed by atoms with Gasteiger partial charge >= 0.3 is 5.97 Å². The molecule has 0 radical (unpaired) electrons. The maximum Gasteiger partial charge on any atom is 0.311 e. The SMILES string of the molecule is CCCCN1C(=O)CCC(C(=O)OCC(=O)NC2CCOc3ccccc32)C1c1ccccc1OC. The summed E-state index contributed by atoms with van der Waals surface area (Å²) in [5.41, 5.74) is 1.69. The lowest BCUT2D eigenvalue weighted by atomic mass is 9.83. The van der Waals surface area contributed by atoms with Gasteiger partial charge in [-0.05, 0) is 25.0 Å². The Balaban J connectivity index is 1.47. The number of methoxy groups -OCH3 is 1. The standard InChI is InChI=1S/C28H34N2O6/c1-3-4-16-30-26(32)14-13-21(27(30)20-10-6-7-11-23(20)34-2)28(33)36-18-25(31)29-22-15-17-35-24-12-8-5-9-19(22)24/h5-12,21-22,27H,3-4,13-18H2,1-2H3,(H,29,31). The maximum absolute atomic E-state index is 13.3. The summed E-state index contributed by atoms with van der Waals surface area (Å²) in [6.07, 6.45) is 3.02. The van der Waals surface area contributed by atoms with E-state index in [1.54, 1.807) is 12.0 Å². The number of ether oxygens (including phenoxy) is 3. The van der Waals surface area contributed by atoms with Gasteiger partial charge in [0.15, 0.2) is 6.61 Å². The monoisotopic (exact) mass is 494 g/mol. The highest BCUT2D eigenvalue weighted by Crippen LogP contribution is 2.41. The largest absolute Gasteiger partial charge is 0.496 e. The van der Waals surface area contributed by atoms with Gasteiger partial charge in [-0.2, -0.15) is 0 Å². The average molecular weight is 495 g/mol. The van der Waals surface area contributed by atoms with E-state index in [4.69, 9.17) is 14.2 Å². The Morgan fingerprint density at radius 1 is 1.08 bits per heavy atom. The molecular weight excluding hydrogens is 460 g/mol. The van der Waals surface area contributed by atoms with Crippen molar-refractivity contribution in [3.05, 3.63) is 59.7 Å². The molecule has 3 atom stereocenters. The zero-order valence-electron chi connectivity index (χ0n) is 20.9. The summed E-state index contributed by atoms with van der Waals surface area (Å²) in [6, 6.07) is 14.3. The molecule has 4 rings (SSSR count). The van der Waals surface area contributed by atoms with Crippen molar-refractivity contribution in [2.75, 3.05) is 26.9 Å². The van der Waals surface area contributed by atoms with Crippen LogP contribution in [0.5, 0.6) is 11.5 Å². The van der Waals surface area contributed by atoms with E-state index in [0.29, 0.717) is 31.7 Å². The second kappa shape index (κ2) is 11.9. The van der Waals surface area contributed by atoms with Crippen molar-refractivity contribution >= 4 is 17.8 Å². The quantitative estimate of drug-likeness (QED) is 0.531. The number of unbranched alkanes of at least 4 members (excludes halogenated alkanes) is 1. The lowest BCUT2D eigenvalue weighted by Gasteiger charge is -2.40. The zero-order chi connectivity index (χ0) is 25.5. The summed E-state index contributed by atoms with van der Waals surface area (Å²) < 4.78 is 16.7. The van der Waals surface area contributed by atoms with Crippen LogP contribution < -0.4 is 14.8 Å². The highest BCUT2D eigenvalue weighted by atomic mass is 16.5. The fraction of sp³-hybridized carbons (Fsp3) is 0.464. The highest BCUT2D eigenvalue weighted by Gasteiger charge is 2.42. The van der Waals surface area contributed by atoms with Crippen LogP contribution in [-0.4, -0.2) is 49.6 Å². The number of para-hydroxylation sites is 2. The molecule has 0 bridgehead atoms. The number of piperidine rings is 1. The van der Waals surface area contributed by atoms with Gasteiger partial charge in [-0.1, -0.05) is 49.7 Å². The Morgan fingerprint density at radius 2 is 1.83 bits per heavy atom. The molecule has 2 heterocycles. The van der Waals surface area contributed by atoms with Gasteiger partial charge in [0.25, 0.3) is 5.91 Å². The Hall–Kier alpha value is -3.55. The topological polar surface area (TPSA) is 94.2 Å². The van der Waals surface area contributed by atoms with E-state index >= 15 is 0 Å². The molecule has 1 saturated heterocycles. The van der Waals surface area contributed by atoms with Gasteiger partial charge in [0.05, 0.1) is 31.7 Å². The molecule has 192 valence electrons. The molecule has 0 saturated carbocycles. The first-order valence-corrected chi connectivity index (χ1v) is 12.6. The van der Waals surface area contributed by atoms with Crippen molar-refractivity contribution in [2.24, 2.45) is 5.92 Å². The third-order valence-electron chi connectivity index (χ3n) is 6.86. The van der Waals surface area contributed by atoms with Crippen LogP contribution in [0.1, 0.15) is 62.2 Å². The minimum atomic E-state index is -0.590. The predicted molar refractivity (Wildman–Crippen MR) is 133 cm³/mol. The fourth-order valence-electron chi connectivity index (χ4n) is 5.06. The van der Waals surface area contributed by atoms with Gasteiger partial charge in [0.2, 0.25) is 5.91 Å². The van der Waals surface area contributed by atoms with Gasteiger partial charge in [0.1, 0.15) is 11.5 Å². The number of nitrogens with one attached hydrogen (secondary N) is 1. The molecule has 2 aliphatic heterocycles. The molecule has 2 aromatic rings. The van der Waals surface area contributed by atoms with E-state index in [2.05, 4.69) is 12.2 Å². The second-order valence-electron chi connectivity index (χ2n) is 9.18. The molecule has 1 N–H and O–H groups in total. The number of carbonyl (C=O) groups excluding carboxylic acids is 3. The van der Waals surface area contributed by atoms with Gasteiger partial charge in [-0.25, -0.2) is 0 Å². The number of amides is 2. The molecular formula is C28H34N2O6. The Bertz CT molecular complexity index is 1090. The van der Waals surface area contributed by atoms with E-state index in [0.717, 1.165) is 29.7 Å². The van der Waals surface area contributed by atoms with E-state index in [1.165, 1.54) is 0 Å². The zero-order valence-corrected chi connectivity index (χ0v) is 20.9. The van der Waals surface area contributed by atoms with Gasteiger partial charge in [-0.15, -0.1) is 0 Å². The highest BCUT2D eigenvalue weighted by molar-refractivity contribution is 5.85. The second-order valence-corrected chi connectivity index (χ2v) is 9.18. The summed E-state index contributed by atoms with van der Waals surface area (Å²) >= 11 is 0. The molecule has 0 aliphatic carbocycles. The normalized spacial score (nSPS) is 21.2. The molecule has 2 aliphatic rings. The molecule has 8 heteroatoms. The van der Waals surface area contributed by atoms with Crippen LogP contribution in [0.15, 0.2) is 48.5 Å². The van der Waals surface area contributed by atoms with Crippen LogP contribution in [0.3, 0.4) is 0 Å². The predicted octanol–water partition coefficient (Wildman–Crippen LogP) is 3.96. The number of likely N-dealkylation sites (tertiary alicyclic amines) is 1. The summed E-state index contributed by atoms with van der Waals surface area (Å²) in [4.78, 5) is 40.7. The molecule has 36 heavy (non-hydrogen) atoms. The van der Waals surface area contributed by atoms with E-state index in [-0.39, 0.29) is 30.9 Å². The van der Waals surface area contributed by atoms with E-state index in [1.807, 2.05) is 48.5 Å². The van der Waals surface area contributed by atoms with Crippen LogP contribution in [0.4, 0.5) is 0 Å². The molecule has 2 amide bonds. The molecule has 0 spiro atoms. The van der Waals surface area contributed by atoms with E-state index in [9.17, 15) is 14.4 Å². The average Bonchev–Trinajstić information content (AvgIpc) is 2.91. The van der Waals surface area contributed by atoms with Gasteiger partial charge < -0.3 is 24.4 Å². The van der Waals surface area contributed by atoms with Crippen molar-refractivity contribution in [3.8, 4) is 11.5 Å². The van der Waals surface area contributed by atoms with Crippen molar-refractivity contribution in [3.63, 3.8) is 0 Å². The molecule has 0 aromatic heterocycles. The van der Waals surface area contributed by atoms with Crippen molar-refractivity contribution in [1.29, 1.82) is 0 Å². The summed E-state index contributed by atoms with van der Waals surface area (Å²) in [7, 11) is 1.58. The van der Waals surface area contributed by atoms with Crippen LogP contribution in [0, 0.1) is 5.92 Å². The Kier molecular flexibility index (Phi) is 8.46. The number of fused-ring (bicyclic) bond motifs is 1. The number of nitrogens with zero attached hydrogens (tertiary/aromatic N) is 1. The van der Waals surface area contributed by atoms with Crippen molar-refractivity contribution in [1.82, 2.24) is 10.2 Å². The third kappa shape index (κ3) is 5.64.